The van der Waals surface area contributed by atoms with Crippen molar-refractivity contribution >= 4 is 0 Å². The summed E-state index contributed by atoms with van der Waals surface area (Å²) in [6.07, 6.45) is 77.3. The second-order valence-corrected chi connectivity index (χ2v) is 42.4. The van der Waals surface area contributed by atoms with Crippen molar-refractivity contribution in [2.45, 2.75) is 274 Å². The molecule has 0 aromatic heterocycles. The van der Waals surface area contributed by atoms with E-state index in [1.807, 2.05) is 48.5 Å². The molecule has 21 aliphatic rings. The molecule has 7 heteroatoms. The third kappa shape index (κ3) is 17.1. The molecule has 14 fully saturated rings. The normalized spacial score (nSPS) is 46.3. The van der Waals surface area contributed by atoms with E-state index in [9.17, 15) is 35.7 Å². The van der Waals surface area contributed by atoms with Crippen LogP contribution in [0.15, 0.2) is 167 Å². The maximum absolute atomic E-state index is 9.58. The molecular weight excluding hydrogens is 1370 g/mol. The van der Waals surface area contributed by atoms with Gasteiger partial charge in [0, 0.05) is 0 Å². The van der Waals surface area contributed by atoms with Crippen LogP contribution in [0.1, 0.15) is 232 Å². The standard InChI is InChI=1S/7C15H22O/c7*1-9(10(2)16)6-11-7-12-8-15(11)14-5-3-4-13(12)14/h7*3,5-6,9-10,12-16H,4,7-8H2,1-2H3/b7*11-6+/t9?,10?,12?,13-,14-,15?;2*9-,10+,12?,13+,14+,15?;2*9-,10+,12?,13-,14-,15?;2*9-,10-,12?,13-,14-,15?/m1101010/s1. The number of hydrogen-bond acceptors (Lipinski definition) is 7. The van der Waals surface area contributed by atoms with Crippen LogP contribution in [0.3, 0.4) is 0 Å². The highest BCUT2D eigenvalue weighted by Gasteiger charge is 2.56. The SMILES string of the molecule is CC(O)C(C)/C=C1\CC2CC1[C@@H]1C=CC[C@H]21.C[C@@H](O)[C@@H](C)/C=C1\CC2CC1[C@@H]1C=CC[C@H]21.C[C@@H](O)[C@@H](C)/C=C1\CC2CC1[C@H]1C=CC[C@@H]21.C[C@H](/C=C1\CC2CC1[C@@H]1C=CC[C@H]21)[C@@H](C)O.C[C@H](O)[C@@H](C)/C=C1\CC2CC1[C@H]1C=CC[C@@H]21.C[C@H](O)[C@H](C)/C=C1\CC2CC1[C@@H]1C=CC[C@H]21.C[C@H](O)[C@H](C)/C=C1\CC2CC1[C@H]1C=CC[C@@H]21. The molecule has 0 aliphatic heterocycles. The topological polar surface area (TPSA) is 142 Å². The van der Waals surface area contributed by atoms with Crippen LogP contribution in [-0.2, 0) is 0 Å². The first kappa shape index (κ1) is 83.2. The van der Waals surface area contributed by atoms with Crippen molar-refractivity contribution in [2.24, 2.45) is 207 Å². The summed E-state index contributed by atoms with van der Waals surface area (Å²) in [5, 5.41) is 67.1. The Kier molecular flexibility index (Phi) is 26.1. The van der Waals surface area contributed by atoms with E-state index in [-0.39, 0.29) is 42.7 Å². The Morgan fingerprint density at radius 1 is 0.205 bits per heavy atom. The zero-order valence-corrected chi connectivity index (χ0v) is 71.9. The van der Waals surface area contributed by atoms with Crippen molar-refractivity contribution in [1.29, 1.82) is 0 Å². The summed E-state index contributed by atoms with van der Waals surface area (Å²) in [5.41, 5.74) is 11.5. The molecule has 14 saturated carbocycles. The number of aliphatic hydroxyl groups excluding tert-OH is 7. The predicted molar refractivity (Wildman–Crippen MR) is 461 cm³/mol. The Labute approximate surface area is 680 Å². The molecule has 42 atom stereocenters. The largest absolute Gasteiger partial charge is 0.393 e. The quantitative estimate of drug-likeness (QED) is 0.0859. The van der Waals surface area contributed by atoms with Gasteiger partial charge in [-0.05, 0) is 390 Å². The summed E-state index contributed by atoms with van der Waals surface area (Å²) in [6.45, 7) is 28.2. The Balaban J connectivity index is 0.000000103. The maximum atomic E-state index is 9.58. The smallest absolute Gasteiger partial charge is 0.0572 e. The van der Waals surface area contributed by atoms with Crippen LogP contribution in [0.2, 0.25) is 0 Å². The van der Waals surface area contributed by atoms with Crippen LogP contribution in [0, 0.1) is 207 Å². The number of rotatable bonds is 14. The molecule has 0 heterocycles. The first-order valence-electron chi connectivity index (χ1n) is 47.0. The van der Waals surface area contributed by atoms with Gasteiger partial charge >= 0.3 is 0 Å². The third-order valence-electron chi connectivity index (χ3n) is 35.7. The van der Waals surface area contributed by atoms with Crippen LogP contribution in [0.5, 0.6) is 0 Å². The van der Waals surface area contributed by atoms with Crippen molar-refractivity contribution < 1.29 is 35.7 Å². The van der Waals surface area contributed by atoms with Gasteiger partial charge in [-0.25, -0.2) is 0 Å². The molecule has 21 rings (SSSR count). The van der Waals surface area contributed by atoms with Gasteiger partial charge in [-0.2, -0.15) is 0 Å². The molecule has 0 spiro atoms. The van der Waals surface area contributed by atoms with Crippen molar-refractivity contribution in [3.05, 3.63) is 167 Å². The summed E-state index contributed by atoms with van der Waals surface area (Å²) in [6, 6.07) is 0. The van der Waals surface area contributed by atoms with Gasteiger partial charge in [0.1, 0.15) is 0 Å². The molecule has 0 amide bonds. The van der Waals surface area contributed by atoms with Crippen LogP contribution >= 0.6 is 0 Å². The number of fused-ring (bicyclic) bond motifs is 35. The fourth-order valence-corrected chi connectivity index (χ4v) is 28.3. The summed E-state index contributed by atoms with van der Waals surface area (Å²) >= 11 is 0. The van der Waals surface area contributed by atoms with E-state index in [1.54, 1.807) is 39.0 Å². The van der Waals surface area contributed by atoms with Gasteiger partial charge in [0.2, 0.25) is 0 Å². The molecule has 7 N–H and O–H groups in total. The first-order valence-corrected chi connectivity index (χ1v) is 47.0. The first-order chi connectivity index (χ1) is 53.7. The van der Waals surface area contributed by atoms with Crippen LogP contribution in [-0.4, -0.2) is 78.5 Å². The number of aliphatic hydroxyl groups is 7. The maximum Gasteiger partial charge on any atom is 0.0572 e. The van der Waals surface area contributed by atoms with Gasteiger partial charge in [-0.15, -0.1) is 0 Å². The van der Waals surface area contributed by atoms with E-state index in [4.69, 9.17) is 0 Å². The number of hydrogen-bond donors (Lipinski definition) is 7. The minimum atomic E-state index is -0.207. The molecule has 0 radical (unpaired) electrons. The molecule has 0 aromatic carbocycles. The van der Waals surface area contributed by atoms with Gasteiger partial charge in [0.05, 0.1) is 42.7 Å². The molecule has 0 saturated heterocycles. The Bertz CT molecular complexity index is 3040. The lowest BCUT2D eigenvalue weighted by Gasteiger charge is -2.27. The number of allylic oxidation sites excluding steroid dienone is 21. The molecule has 16 unspecified atom stereocenters. The second-order valence-electron chi connectivity index (χ2n) is 42.4. The van der Waals surface area contributed by atoms with Gasteiger partial charge in [-0.1, -0.05) is 215 Å². The van der Waals surface area contributed by atoms with Crippen molar-refractivity contribution in [1.82, 2.24) is 0 Å². The van der Waals surface area contributed by atoms with Crippen LogP contribution in [0.25, 0.3) is 0 Å². The molecule has 0 aromatic rings. The summed E-state index contributed by atoms with van der Waals surface area (Å²) in [7, 11) is 0. The van der Waals surface area contributed by atoms with Gasteiger partial charge in [0.15, 0.2) is 0 Å². The molecule has 7 nitrogen and oxygen atoms in total. The lowest BCUT2D eigenvalue weighted by atomic mass is 9.78. The summed E-state index contributed by atoms with van der Waals surface area (Å²) in [5.74, 6) is 27.1. The summed E-state index contributed by atoms with van der Waals surface area (Å²) in [4.78, 5) is 0. The van der Waals surface area contributed by atoms with Crippen molar-refractivity contribution in [3.8, 4) is 0 Å². The van der Waals surface area contributed by atoms with Crippen LogP contribution in [0.4, 0.5) is 0 Å². The minimum Gasteiger partial charge on any atom is -0.393 e. The average Bonchev–Trinajstić information content (AvgIpc) is 1.65. The van der Waals surface area contributed by atoms with Gasteiger partial charge in [0.25, 0.3) is 0 Å². The van der Waals surface area contributed by atoms with E-state index in [0.717, 1.165) is 166 Å². The second kappa shape index (κ2) is 35.2. The van der Waals surface area contributed by atoms with E-state index < -0.39 is 0 Å². The van der Waals surface area contributed by atoms with E-state index >= 15 is 0 Å². The summed E-state index contributed by atoms with van der Waals surface area (Å²) < 4.78 is 0. The van der Waals surface area contributed by atoms with E-state index in [0.29, 0.717) is 41.4 Å². The molecule has 616 valence electrons. The van der Waals surface area contributed by atoms with Gasteiger partial charge in [-0.3, -0.25) is 0 Å². The fourth-order valence-electron chi connectivity index (χ4n) is 28.3. The Morgan fingerprint density at radius 3 is 0.429 bits per heavy atom. The fraction of sp³-hybridized carbons (Fsp3) is 0.733. The van der Waals surface area contributed by atoms with Crippen molar-refractivity contribution in [2.75, 3.05) is 0 Å². The molecule has 21 aliphatic carbocycles. The molecule has 14 bridgehead atoms. The monoisotopic (exact) mass is 1530 g/mol. The molecule has 112 heavy (non-hydrogen) atoms. The Morgan fingerprint density at radius 2 is 0.321 bits per heavy atom. The van der Waals surface area contributed by atoms with Crippen molar-refractivity contribution in [3.63, 3.8) is 0 Å². The zero-order chi connectivity index (χ0) is 79.0. The third-order valence-corrected chi connectivity index (χ3v) is 35.7. The van der Waals surface area contributed by atoms with Crippen LogP contribution < -0.4 is 0 Å². The molecular formula is C105H154O7. The average molecular weight is 1530 g/mol. The highest BCUT2D eigenvalue weighted by atomic mass is 16.3. The minimum absolute atomic E-state index is 0.207. The predicted octanol–water partition coefficient (Wildman–Crippen LogP) is 22.1. The lowest BCUT2D eigenvalue weighted by molar-refractivity contribution is 0.156. The Hall–Kier alpha value is -3.92. The highest BCUT2D eigenvalue weighted by molar-refractivity contribution is 5.34. The van der Waals surface area contributed by atoms with Gasteiger partial charge < -0.3 is 35.7 Å². The van der Waals surface area contributed by atoms with E-state index in [1.165, 1.54) is 135 Å². The highest BCUT2D eigenvalue weighted by Crippen LogP contribution is 2.65. The van der Waals surface area contributed by atoms with E-state index in [2.05, 4.69) is 176 Å². The zero-order valence-electron chi connectivity index (χ0n) is 71.9. The lowest BCUT2D eigenvalue weighted by Crippen LogP contribution is -2.20.